The van der Waals surface area contributed by atoms with E-state index in [4.69, 9.17) is 16.7 Å². The van der Waals surface area contributed by atoms with Gasteiger partial charge in [0.1, 0.15) is 0 Å². The van der Waals surface area contributed by atoms with E-state index in [0.29, 0.717) is 12.1 Å². The van der Waals surface area contributed by atoms with Crippen LogP contribution in [0.1, 0.15) is 23.7 Å². The van der Waals surface area contributed by atoms with E-state index in [1.54, 1.807) is 19.1 Å². The van der Waals surface area contributed by atoms with Crippen LogP contribution in [0, 0.1) is 0 Å². The number of carbonyl (C=O) groups excluding carboxylic acids is 1. The molecule has 0 saturated carbocycles. The third kappa shape index (κ3) is 4.71. The molecule has 9 heteroatoms. The molecule has 0 aliphatic rings. The van der Waals surface area contributed by atoms with Crippen molar-refractivity contribution >= 4 is 44.9 Å². The van der Waals surface area contributed by atoms with Crippen LogP contribution in [-0.2, 0) is 14.8 Å². The number of amides is 1. The standard InChI is InChI=1S/C16H15ClN2O5S/c1-2-15(20)18-10-3-5-11(6-4-10)19-25(23,24)12-7-8-14(17)13(9-12)16(21)22/h3-9,19H,2H2,1H3,(H,18,20)(H,21,22). The second-order valence-corrected chi connectivity index (χ2v) is 7.12. The average molecular weight is 383 g/mol. The SMILES string of the molecule is CCC(=O)Nc1ccc(NS(=O)(=O)c2ccc(Cl)c(C(=O)O)c2)cc1. The molecule has 0 atom stereocenters. The number of nitrogens with one attached hydrogen (secondary N) is 2. The fourth-order valence-corrected chi connectivity index (χ4v) is 3.20. The number of benzene rings is 2. The second kappa shape index (κ2) is 7.54. The maximum atomic E-state index is 12.4. The van der Waals surface area contributed by atoms with Crippen LogP contribution in [0.3, 0.4) is 0 Å². The predicted molar refractivity (Wildman–Crippen MR) is 94.6 cm³/mol. The fraction of sp³-hybridized carbons (Fsp3) is 0.125. The molecule has 0 aliphatic carbocycles. The van der Waals surface area contributed by atoms with Gasteiger partial charge < -0.3 is 10.4 Å². The van der Waals surface area contributed by atoms with Crippen molar-refractivity contribution in [2.75, 3.05) is 10.0 Å². The number of carboxylic acids is 1. The molecule has 2 aromatic carbocycles. The van der Waals surface area contributed by atoms with Crippen LogP contribution < -0.4 is 10.0 Å². The molecule has 132 valence electrons. The van der Waals surface area contributed by atoms with E-state index < -0.39 is 16.0 Å². The molecule has 0 heterocycles. The molecule has 25 heavy (non-hydrogen) atoms. The normalized spacial score (nSPS) is 11.0. The zero-order chi connectivity index (χ0) is 18.6. The van der Waals surface area contributed by atoms with Gasteiger partial charge in [-0.25, -0.2) is 13.2 Å². The smallest absolute Gasteiger partial charge is 0.337 e. The Balaban J connectivity index is 2.23. The average Bonchev–Trinajstić information content (AvgIpc) is 2.56. The number of rotatable bonds is 6. The monoisotopic (exact) mass is 382 g/mol. The van der Waals surface area contributed by atoms with E-state index in [-0.39, 0.29) is 27.1 Å². The first kappa shape index (κ1) is 18.8. The number of aromatic carboxylic acids is 1. The molecule has 0 aromatic heterocycles. The minimum absolute atomic E-state index is 0.0533. The molecular weight excluding hydrogens is 368 g/mol. The van der Waals surface area contributed by atoms with E-state index in [0.717, 1.165) is 6.07 Å². The van der Waals surface area contributed by atoms with Crippen molar-refractivity contribution in [1.29, 1.82) is 0 Å². The molecule has 2 aromatic rings. The van der Waals surface area contributed by atoms with Gasteiger partial charge in [-0.05, 0) is 42.5 Å². The predicted octanol–water partition coefficient (Wildman–Crippen LogP) is 3.19. The molecule has 1 amide bonds. The van der Waals surface area contributed by atoms with Crippen LogP contribution in [0.5, 0.6) is 0 Å². The van der Waals surface area contributed by atoms with Gasteiger partial charge in [-0.3, -0.25) is 9.52 Å². The number of carbonyl (C=O) groups is 2. The Kier molecular flexibility index (Phi) is 5.66. The van der Waals surface area contributed by atoms with Crippen LogP contribution in [0.25, 0.3) is 0 Å². The number of halogens is 1. The molecule has 0 aliphatic heterocycles. The summed E-state index contributed by atoms with van der Waals surface area (Å²) in [5.41, 5.74) is 0.498. The minimum atomic E-state index is -3.99. The molecule has 2 rings (SSSR count). The van der Waals surface area contributed by atoms with Crippen LogP contribution >= 0.6 is 11.6 Å². The Morgan fingerprint density at radius 3 is 2.24 bits per heavy atom. The highest BCUT2D eigenvalue weighted by molar-refractivity contribution is 7.92. The Hall–Kier alpha value is -2.58. The number of hydrogen-bond acceptors (Lipinski definition) is 4. The van der Waals surface area contributed by atoms with Gasteiger partial charge in [-0.2, -0.15) is 0 Å². The lowest BCUT2D eigenvalue weighted by molar-refractivity contribution is -0.115. The summed E-state index contributed by atoms with van der Waals surface area (Å²) in [4.78, 5) is 22.2. The van der Waals surface area contributed by atoms with Gasteiger partial charge in [0.15, 0.2) is 0 Å². The van der Waals surface area contributed by atoms with Crippen molar-refractivity contribution in [2.24, 2.45) is 0 Å². The Morgan fingerprint density at radius 1 is 1.08 bits per heavy atom. The topological polar surface area (TPSA) is 113 Å². The number of carboxylic acid groups (broad SMARTS) is 1. The molecule has 0 radical (unpaired) electrons. The van der Waals surface area contributed by atoms with Gasteiger partial charge in [0.05, 0.1) is 15.5 Å². The Labute approximate surface area is 149 Å². The van der Waals surface area contributed by atoms with E-state index >= 15 is 0 Å². The summed E-state index contributed by atoms with van der Waals surface area (Å²) in [6.45, 7) is 1.72. The Morgan fingerprint density at radius 2 is 1.68 bits per heavy atom. The van der Waals surface area contributed by atoms with Crippen LogP contribution in [0.2, 0.25) is 5.02 Å². The first-order valence-electron chi connectivity index (χ1n) is 7.18. The zero-order valence-corrected chi connectivity index (χ0v) is 14.7. The number of hydrogen-bond donors (Lipinski definition) is 3. The summed E-state index contributed by atoms with van der Waals surface area (Å²) in [5.74, 6) is -1.48. The highest BCUT2D eigenvalue weighted by Gasteiger charge is 2.18. The summed E-state index contributed by atoms with van der Waals surface area (Å²) < 4.78 is 27.1. The Bertz CT molecular complexity index is 911. The molecule has 3 N–H and O–H groups in total. The maximum absolute atomic E-state index is 12.4. The van der Waals surface area contributed by atoms with Crippen molar-refractivity contribution in [2.45, 2.75) is 18.2 Å². The van der Waals surface area contributed by atoms with E-state index in [2.05, 4.69) is 10.0 Å². The lowest BCUT2D eigenvalue weighted by Crippen LogP contribution is -2.14. The van der Waals surface area contributed by atoms with Gasteiger partial charge >= 0.3 is 5.97 Å². The molecule has 0 fully saturated rings. The van der Waals surface area contributed by atoms with Crippen molar-refractivity contribution < 1.29 is 23.1 Å². The van der Waals surface area contributed by atoms with Gasteiger partial charge in [0.25, 0.3) is 10.0 Å². The van der Waals surface area contributed by atoms with Gasteiger partial charge in [-0.1, -0.05) is 18.5 Å². The first-order valence-corrected chi connectivity index (χ1v) is 9.04. The summed E-state index contributed by atoms with van der Waals surface area (Å²) in [5, 5.41) is 11.6. The summed E-state index contributed by atoms with van der Waals surface area (Å²) in [7, 11) is -3.99. The second-order valence-electron chi connectivity index (χ2n) is 5.03. The first-order chi connectivity index (χ1) is 11.7. The maximum Gasteiger partial charge on any atom is 0.337 e. The largest absolute Gasteiger partial charge is 0.478 e. The van der Waals surface area contributed by atoms with Crippen LogP contribution in [0.4, 0.5) is 11.4 Å². The fourth-order valence-electron chi connectivity index (χ4n) is 1.92. The minimum Gasteiger partial charge on any atom is -0.478 e. The van der Waals surface area contributed by atoms with Crippen molar-refractivity contribution in [3.8, 4) is 0 Å². The molecule has 0 saturated heterocycles. The summed E-state index contributed by atoms with van der Waals surface area (Å²) in [6, 6.07) is 9.48. The third-order valence-corrected chi connectivity index (χ3v) is 4.93. The number of sulfonamides is 1. The van der Waals surface area contributed by atoms with Crippen LogP contribution in [0.15, 0.2) is 47.4 Å². The molecule has 0 spiro atoms. The number of anilines is 2. The molecule has 0 bridgehead atoms. The summed E-state index contributed by atoms with van der Waals surface area (Å²) >= 11 is 5.74. The van der Waals surface area contributed by atoms with E-state index in [9.17, 15) is 18.0 Å². The molecule has 7 nitrogen and oxygen atoms in total. The van der Waals surface area contributed by atoms with Crippen molar-refractivity contribution in [1.82, 2.24) is 0 Å². The third-order valence-electron chi connectivity index (χ3n) is 3.22. The van der Waals surface area contributed by atoms with Crippen molar-refractivity contribution in [3.63, 3.8) is 0 Å². The highest BCUT2D eigenvalue weighted by Crippen LogP contribution is 2.23. The van der Waals surface area contributed by atoms with Crippen LogP contribution in [-0.4, -0.2) is 25.4 Å². The van der Waals surface area contributed by atoms with E-state index in [1.165, 1.54) is 24.3 Å². The van der Waals surface area contributed by atoms with Gasteiger partial charge in [0, 0.05) is 17.8 Å². The highest BCUT2D eigenvalue weighted by atomic mass is 35.5. The van der Waals surface area contributed by atoms with Gasteiger partial charge in [0.2, 0.25) is 5.91 Å². The zero-order valence-electron chi connectivity index (χ0n) is 13.1. The molecular formula is C16H15ClN2O5S. The molecule has 0 unspecified atom stereocenters. The lowest BCUT2D eigenvalue weighted by Gasteiger charge is -2.10. The lowest BCUT2D eigenvalue weighted by atomic mass is 10.2. The van der Waals surface area contributed by atoms with Crippen molar-refractivity contribution in [3.05, 3.63) is 53.1 Å². The summed E-state index contributed by atoms with van der Waals surface area (Å²) in [6.07, 6.45) is 0.330. The van der Waals surface area contributed by atoms with E-state index in [1.807, 2.05) is 0 Å². The van der Waals surface area contributed by atoms with Gasteiger partial charge in [-0.15, -0.1) is 0 Å². The quantitative estimate of drug-likeness (QED) is 0.710.